The van der Waals surface area contributed by atoms with Crippen LogP contribution in [-0.2, 0) is 4.79 Å². The first-order chi connectivity index (χ1) is 8.51. The number of rotatable bonds is 6. The lowest BCUT2D eigenvalue weighted by Gasteiger charge is -2.31. The van der Waals surface area contributed by atoms with Crippen molar-refractivity contribution in [3.05, 3.63) is 0 Å². The zero-order valence-electron chi connectivity index (χ0n) is 12.2. The van der Waals surface area contributed by atoms with Crippen LogP contribution in [0.15, 0.2) is 0 Å². The fraction of sp³-hybridized carbons (Fsp3) is 0.929. The third kappa shape index (κ3) is 3.69. The number of carbonyl (C=O) groups is 1. The minimum absolute atomic E-state index is 0.0994. The molecule has 0 spiro atoms. The molecule has 0 aromatic heterocycles. The Kier molecular flexibility index (Phi) is 6.09. The van der Waals surface area contributed by atoms with E-state index in [0.29, 0.717) is 5.92 Å². The smallest absolute Gasteiger partial charge is 0.239 e. The molecule has 1 rings (SSSR count). The van der Waals surface area contributed by atoms with Gasteiger partial charge in [-0.15, -0.1) is 0 Å². The average Bonchev–Trinajstić information content (AvgIpc) is 2.75. The van der Waals surface area contributed by atoms with Crippen molar-refractivity contribution in [1.29, 1.82) is 0 Å². The molecule has 0 aromatic rings. The van der Waals surface area contributed by atoms with Crippen LogP contribution in [0.2, 0.25) is 0 Å². The number of hydrogen-bond donors (Lipinski definition) is 1. The molecule has 106 valence electrons. The van der Waals surface area contributed by atoms with E-state index in [4.69, 9.17) is 0 Å². The normalized spacial score (nSPS) is 25.4. The zero-order chi connectivity index (χ0) is 13.7. The molecule has 1 fully saturated rings. The Morgan fingerprint density at radius 3 is 2.39 bits per heavy atom. The van der Waals surface area contributed by atoms with Crippen molar-refractivity contribution >= 4 is 5.91 Å². The number of hydrogen-bond acceptors (Lipinski definition) is 3. The maximum absolute atomic E-state index is 12.2. The molecule has 0 aliphatic heterocycles. The van der Waals surface area contributed by atoms with Crippen LogP contribution in [0.1, 0.15) is 40.0 Å². The maximum atomic E-state index is 12.2. The molecule has 1 N–H and O–H groups in total. The van der Waals surface area contributed by atoms with Gasteiger partial charge in [0.2, 0.25) is 5.91 Å². The van der Waals surface area contributed by atoms with Gasteiger partial charge in [0.05, 0.1) is 12.1 Å². The lowest BCUT2D eigenvalue weighted by molar-refractivity contribution is -0.135. The number of nitrogens with zero attached hydrogens (tertiary/aromatic N) is 2. The van der Waals surface area contributed by atoms with E-state index < -0.39 is 0 Å². The first-order valence-electron chi connectivity index (χ1n) is 7.18. The Balaban J connectivity index is 2.49. The van der Waals surface area contributed by atoms with Gasteiger partial charge < -0.3 is 10.0 Å². The van der Waals surface area contributed by atoms with E-state index in [0.717, 1.165) is 38.9 Å². The van der Waals surface area contributed by atoms with Crippen LogP contribution >= 0.6 is 0 Å². The Morgan fingerprint density at radius 2 is 1.94 bits per heavy atom. The quantitative estimate of drug-likeness (QED) is 0.780. The highest BCUT2D eigenvalue weighted by atomic mass is 16.3. The molecule has 3 unspecified atom stereocenters. The second kappa shape index (κ2) is 7.10. The highest BCUT2D eigenvalue weighted by Gasteiger charge is 2.29. The fourth-order valence-electron chi connectivity index (χ4n) is 2.75. The predicted octanol–water partition coefficient (Wildman–Crippen LogP) is 1.34. The van der Waals surface area contributed by atoms with E-state index in [-0.39, 0.29) is 18.1 Å². The number of aliphatic hydroxyl groups is 1. The van der Waals surface area contributed by atoms with Crippen LogP contribution in [0.25, 0.3) is 0 Å². The van der Waals surface area contributed by atoms with Crippen LogP contribution in [0, 0.1) is 5.92 Å². The second-order valence-electron chi connectivity index (χ2n) is 5.38. The molecule has 0 radical (unpaired) electrons. The van der Waals surface area contributed by atoms with Gasteiger partial charge in [-0.2, -0.15) is 0 Å². The van der Waals surface area contributed by atoms with Crippen molar-refractivity contribution in [2.45, 2.75) is 52.2 Å². The monoisotopic (exact) mass is 256 g/mol. The Morgan fingerprint density at radius 1 is 1.33 bits per heavy atom. The van der Waals surface area contributed by atoms with E-state index >= 15 is 0 Å². The largest absolute Gasteiger partial charge is 0.393 e. The van der Waals surface area contributed by atoms with Gasteiger partial charge >= 0.3 is 0 Å². The summed E-state index contributed by atoms with van der Waals surface area (Å²) in [6.07, 6.45) is 2.93. The molecule has 1 saturated carbocycles. The summed E-state index contributed by atoms with van der Waals surface area (Å²) in [4.78, 5) is 16.2. The summed E-state index contributed by atoms with van der Waals surface area (Å²) in [6.45, 7) is 8.32. The van der Waals surface area contributed by atoms with Gasteiger partial charge in [-0.3, -0.25) is 9.69 Å². The Bertz CT molecular complexity index is 267. The third-order valence-electron chi connectivity index (χ3n) is 4.24. The number of likely N-dealkylation sites (N-methyl/N-ethyl adjacent to an activating group) is 2. The molecule has 18 heavy (non-hydrogen) atoms. The van der Waals surface area contributed by atoms with Gasteiger partial charge in [0.25, 0.3) is 0 Å². The fourth-order valence-corrected chi connectivity index (χ4v) is 2.75. The minimum atomic E-state index is -0.178. The molecule has 1 aliphatic carbocycles. The zero-order valence-corrected chi connectivity index (χ0v) is 12.2. The molecule has 4 nitrogen and oxygen atoms in total. The van der Waals surface area contributed by atoms with E-state index in [9.17, 15) is 9.90 Å². The van der Waals surface area contributed by atoms with Gasteiger partial charge in [-0.1, -0.05) is 6.42 Å². The van der Waals surface area contributed by atoms with Crippen LogP contribution in [0.5, 0.6) is 0 Å². The van der Waals surface area contributed by atoms with Crippen molar-refractivity contribution in [1.82, 2.24) is 9.80 Å². The SMILES string of the molecule is CCN(CC)C(=O)C(C)N(C)CC1CCCC1O. The van der Waals surface area contributed by atoms with Gasteiger partial charge in [-0.05, 0) is 46.6 Å². The number of carbonyl (C=O) groups excluding carboxylic acids is 1. The van der Waals surface area contributed by atoms with Gasteiger partial charge in [0.1, 0.15) is 0 Å². The lowest BCUT2D eigenvalue weighted by Crippen LogP contribution is -2.47. The van der Waals surface area contributed by atoms with Gasteiger partial charge in [0, 0.05) is 19.6 Å². The third-order valence-corrected chi connectivity index (χ3v) is 4.24. The first kappa shape index (κ1) is 15.4. The molecule has 0 aromatic carbocycles. The molecular formula is C14H28N2O2. The van der Waals surface area contributed by atoms with Crippen molar-refractivity contribution in [3.8, 4) is 0 Å². The minimum Gasteiger partial charge on any atom is -0.393 e. The van der Waals surface area contributed by atoms with Crippen molar-refractivity contribution in [2.24, 2.45) is 5.92 Å². The highest BCUT2D eigenvalue weighted by molar-refractivity contribution is 5.81. The molecule has 0 bridgehead atoms. The summed E-state index contributed by atoms with van der Waals surface area (Å²) < 4.78 is 0. The maximum Gasteiger partial charge on any atom is 0.239 e. The average molecular weight is 256 g/mol. The molecule has 1 amide bonds. The summed E-state index contributed by atoms with van der Waals surface area (Å²) >= 11 is 0. The van der Waals surface area contributed by atoms with Gasteiger partial charge in [-0.25, -0.2) is 0 Å². The van der Waals surface area contributed by atoms with E-state index in [1.807, 2.05) is 32.7 Å². The molecule has 4 heteroatoms. The number of amides is 1. The molecular weight excluding hydrogens is 228 g/mol. The molecule has 1 aliphatic rings. The van der Waals surface area contributed by atoms with Crippen molar-refractivity contribution in [2.75, 3.05) is 26.7 Å². The lowest BCUT2D eigenvalue weighted by atomic mass is 10.0. The summed E-state index contributed by atoms with van der Waals surface area (Å²) in [7, 11) is 1.98. The van der Waals surface area contributed by atoms with Crippen LogP contribution in [0.4, 0.5) is 0 Å². The van der Waals surface area contributed by atoms with Crippen LogP contribution in [-0.4, -0.2) is 59.6 Å². The second-order valence-corrected chi connectivity index (χ2v) is 5.38. The standard InChI is InChI=1S/C14H28N2O2/c1-5-16(6-2)14(18)11(3)15(4)10-12-8-7-9-13(12)17/h11-13,17H,5-10H2,1-4H3. The first-order valence-corrected chi connectivity index (χ1v) is 7.18. The van der Waals surface area contributed by atoms with Crippen molar-refractivity contribution < 1.29 is 9.90 Å². The Hall–Kier alpha value is -0.610. The number of aliphatic hydroxyl groups excluding tert-OH is 1. The summed E-state index contributed by atoms with van der Waals surface area (Å²) in [5.74, 6) is 0.525. The molecule has 3 atom stereocenters. The summed E-state index contributed by atoms with van der Waals surface area (Å²) in [6, 6.07) is -0.0994. The van der Waals surface area contributed by atoms with E-state index in [1.165, 1.54) is 0 Å². The Labute approximate surface area is 111 Å². The van der Waals surface area contributed by atoms with Gasteiger partial charge in [0.15, 0.2) is 0 Å². The molecule has 0 heterocycles. The van der Waals surface area contributed by atoms with Crippen molar-refractivity contribution in [3.63, 3.8) is 0 Å². The van der Waals surface area contributed by atoms with E-state index in [1.54, 1.807) is 0 Å². The summed E-state index contributed by atoms with van der Waals surface area (Å²) in [5.41, 5.74) is 0. The van der Waals surface area contributed by atoms with Crippen LogP contribution in [0.3, 0.4) is 0 Å². The predicted molar refractivity (Wildman–Crippen MR) is 73.4 cm³/mol. The molecule has 0 saturated heterocycles. The van der Waals surface area contributed by atoms with Crippen LogP contribution < -0.4 is 0 Å². The van der Waals surface area contributed by atoms with E-state index in [2.05, 4.69) is 4.90 Å². The summed E-state index contributed by atoms with van der Waals surface area (Å²) in [5, 5.41) is 9.84. The highest BCUT2D eigenvalue weighted by Crippen LogP contribution is 2.26. The topological polar surface area (TPSA) is 43.8 Å².